The average molecular weight is 551 g/mol. The lowest BCUT2D eigenvalue weighted by Gasteiger charge is -2.14. The summed E-state index contributed by atoms with van der Waals surface area (Å²) in [5.74, 6) is -0.430. The number of hydrogen-bond acceptors (Lipinski definition) is 6. The van der Waals surface area contributed by atoms with Crippen LogP contribution in [0.5, 0.6) is 0 Å². The third kappa shape index (κ3) is 5.01. The molecule has 0 bridgehead atoms. The highest BCUT2D eigenvalue weighted by atomic mass is 32.2. The van der Waals surface area contributed by atoms with Crippen molar-refractivity contribution in [2.24, 2.45) is 12.1 Å². The number of nitrogens with zero attached hydrogens (tertiary/aromatic N) is 6. The Balaban J connectivity index is 1.41. The van der Waals surface area contributed by atoms with E-state index in [1.54, 1.807) is 13.1 Å². The first-order chi connectivity index (χ1) is 17.9. The maximum Gasteiger partial charge on any atom is 0.416 e. The number of anilines is 1. The van der Waals surface area contributed by atoms with Crippen LogP contribution in [-0.4, -0.2) is 42.0 Å². The third-order valence-corrected chi connectivity index (χ3v) is 6.43. The quantitative estimate of drug-likeness (QED) is 0.347. The molecule has 1 N–H and O–H groups in total. The van der Waals surface area contributed by atoms with Gasteiger partial charge in [-0.3, -0.25) is 9.48 Å². The van der Waals surface area contributed by atoms with Crippen molar-refractivity contribution in [2.75, 3.05) is 11.1 Å². The molecule has 2 aromatic carbocycles. The van der Waals surface area contributed by atoms with Gasteiger partial charge in [0.25, 0.3) is 5.91 Å². The van der Waals surface area contributed by atoms with Crippen LogP contribution in [0.15, 0.2) is 64.9 Å². The largest absolute Gasteiger partial charge is 0.416 e. The molecule has 0 saturated carbocycles. The number of halogens is 6. The van der Waals surface area contributed by atoms with Gasteiger partial charge in [0.2, 0.25) is 11.0 Å². The molecule has 5 rings (SSSR count). The summed E-state index contributed by atoms with van der Waals surface area (Å²) in [6.45, 7) is 0. The summed E-state index contributed by atoms with van der Waals surface area (Å²) in [6, 6.07) is 10.4. The van der Waals surface area contributed by atoms with Crippen molar-refractivity contribution < 1.29 is 31.1 Å². The summed E-state index contributed by atoms with van der Waals surface area (Å²) >= 11 is 1.15. The maximum atomic E-state index is 13.0. The van der Waals surface area contributed by atoms with E-state index in [1.165, 1.54) is 33.6 Å². The van der Waals surface area contributed by atoms with Crippen LogP contribution in [0.25, 0.3) is 22.8 Å². The normalized spacial score (nSPS) is 13.7. The Labute approximate surface area is 214 Å². The van der Waals surface area contributed by atoms with E-state index in [2.05, 4.69) is 25.7 Å². The second kappa shape index (κ2) is 9.31. The monoisotopic (exact) mass is 551 g/mol. The molecule has 196 valence electrons. The molecule has 8 nitrogen and oxygen atoms in total. The van der Waals surface area contributed by atoms with Crippen LogP contribution in [0.4, 0.5) is 32.0 Å². The van der Waals surface area contributed by atoms with E-state index < -0.39 is 29.4 Å². The molecule has 1 amide bonds. The Morgan fingerprint density at radius 2 is 1.66 bits per heavy atom. The summed E-state index contributed by atoms with van der Waals surface area (Å²) in [5, 5.41) is 19.5. The van der Waals surface area contributed by atoms with Gasteiger partial charge in [0.05, 0.1) is 22.6 Å². The fraction of sp³-hybridized carbons (Fsp3) is 0.174. The first-order valence-corrected chi connectivity index (χ1v) is 11.8. The zero-order valence-electron chi connectivity index (χ0n) is 19.2. The van der Waals surface area contributed by atoms with Gasteiger partial charge in [0, 0.05) is 12.7 Å². The van der Waals surface area contributed by atoms with Gasteiger partial charge in [-0.1, -0.05) is 30.0 Å². The van der Waals surface area contributed by atoms with E-state index in [-0.39, 0.29) is 23.0 Å². The Morgan fingerprint density at radius 1 is 0.947 bits per heavy atom. The molecule has 15 heteroatoms. The van der Waals surface area contributed by atoms with E-state index in [4.69, 9.17) is 0 Å². The van der Waals surface area contributed by atoms with E-state index in [9.17, 15) is 31.1 Å². The number of nitrogens with one attached hydrogen (secondary N) is 1. The fourth-order valence-electron chi connectivity index (χ4n) is 3.65. The SMILES string of the molecule is Cn1nc(-c2nnc3n2N=C(C(=O)Nc2cccc(C(F)(F)F)c2)CS3)cc1-c1ccc(C(F)(F)F)cc1. The van der Waals surface area contributed by atoms with Gasteiger partial charge in [0.1, 0.15) is 11.4 Å². The Morgan fingerprint density at radius 3 is 2.34 bits per heavy atom. The van der Waals surface area contributed by atoms with Gasteiger partial charge < -0.3 is 5.32 Å². The van der Waals surface area contributed by atoms with E-state index in [0.717, 1.165) is 36.0 Å². The molecular weight excluding hydrogens is 536 g/mol. The second-order valence-corrected chi connectivity index (χ2v) is 9.04. The van der Waals surface area contributed by atoms with Crippen LogP contribution in [0.3, 0.4) is 0 Å². The van der Waals surface area contributed by atoms with E-state index in [0.29, 0.717) is 22.1 Å². The molecule has 2 aromatic heterocycles. The predicted molar refractivity (Wildman–Crippen MR) is 126 cm³/mol. The highest BCUT2D eigenvalue weighted by molar-refractivity contribution is 8.00. The second-order valence-electron chi connectivity index (χ2n) is 8.10. The first kappa shape index (κ1) is 25.5. The number of aromatic nitrogens is 5. The van der Waals surface area contributed by atoms with Crippen LogP contribution < -0.4 is 5.32 Å². The number of alkyl halides is 6. The van der Waals surface area contributed by atoms with Gasteiger partial charge in [-0.2, -0.15) is 41.2 Å². The molecule has 3 heterocycles. The third-order valence-electron chi connectivity index (χ3n) is 5.50. The topological polar surface area (TPSA) is 90.0 Å². The van der Waals surface area contributed by atoms with Crippen LogP contribution in [0, 0.1) is 0 Å². The molecule has 0 fully saturated rings. The summed E-state index contributed by atoms with van der Waals surface area (Å²) in [4.78, 5) is 12.8. The lowest BCUT2D eigenvalue weighted by atomic mass is 10.1. The number of hydrogen-bond donors (Lipinski definition) is 1. The van der Waals surface area contributed by atoms with Crippen molar-refractivity contribution in [3.05, 3.63) is 65.7 Å². The molecule has 1 aliphatic rings. The minimum Gasteiger partial charge on any atom is -0.321 e. The number of benzene rings is 2. The van der Waals surface area contributed by atoms with Gasteiger partial charge in [-0.25, -0.2) is 0 Å². The van der Waals surface area contributed by atoms with Crippen molar-refractivity contribution in [2.45, 2.75) is 17.5 Å². The van der Waals surface area contributed by atoms with Crippen molar-refractivity contribution in [1.82, 2.24) is 24.7 Å². The Hall–Kier alpha value is -4.14. The molecular formula is C23H15F6N7OS. The molecule has 1 aliphatic heterocycles. The molecule has 0 radical (unpaired) electrons. The lowest BCUT2D eigenvalue weighted by Crippen LogP contribution is -2.28. The average Bonchev–Trinajstić information content (AvgIpc) is 3.46. The molecule has 0 saturated heterocycles. The molecule has 0 atom stereocenters. The molecule has 38 heavy (non-hydrogen) atoms. The minimum absolute atomic E-state index is 0.0138. The van der Waals surface area contributed by atoms with Gasteiger partial charge >= 0.3 is 12.4 Å². The minimum atomic E-state index is -4.56. The van der Waals surface area contributed by atoms with Gasteiger partial charge in [-0.15, -0.1) is 10.2 Å². The van der Waals surface area contributed by atoms with E-state index >= 15 is 0 Å². The number of amides is 1. The van der Waals surface area contributed by atoms with Gasteiger partial charge in [0.15, 0.2) is 0 Å². The van der Waals surface area contributed by atoms with Crippen LogP contribution >= 0.6 is 11.8 Å². The zero-order chi connectivity index (χ0) is 27.2. The van der Waals surface area contributed by atoms with E-state index in [1.807, 2.05) is 0 Å². The molecule has 0 aliphatic carbocycles. The smallest absolute Gasteiger partial charge is 0.321 e. The van der Waals surface area contributed by atoms with Crippen LogP contribution in [-0.2, 0) is 24.2 Å². The standard InChI is InChI=1S/C23H15F6N7OS/c1-35-18(12-5-7-13(8-6-12)22(24,25)26)10-16(33-35)19-31-32-21-36(19)34-17(11-38-21)20(37)30-15-4-2-3-14(9-15)23(27,28)29/h2-10H,11H2,1H3,(H,30,37). The Kier molecular flexibility index (Phi) is 6.25. The zero-order valence-corrected chi connectivity index (χ0v) is 20.0. The highest BCUT2D eigenvalue weighted by Gasteiger charge is 2.32. The molecule has 0 spiro atoms. The van der Waals surface area contributed by atoms with Crippen LogP contribution in [0.2, 0.25) is 0 Å². The summed E-state index contributed by atoms with van der Waals surface area (Å²) in [5.41, 5.74) is -0.434. The summed E-state index contributed by atoms with van der Waals surface area (Å²) in [6.07, 6.45) is -9.02. The van der Waals surface area contributed by atoms with Crippen molar-refractivity contribution in [3.63, 3.8) is 0 Å². The summed E-state index contributed by atoms with van der Waals surface area (Å²) < 4.78 is 80.4. The summed E-state index contributed by atoms with van der Waals surface area (Å²) in [7, 11) is 1.61. The molecule has 0 unspecified atom stereocenters. The number of fused-ring (bicyclic) bond motifs is 1. The number of thioether (sulfide) groups is 1. The lowest BCUT2D eigenvalue weighted by molar-refractivity contribution is -0.138. The predicted octanol–water partition coefficient (Wildman–Crippen LogP) is 5.33. The number of carbonyl (C=O) groups is 1. The van der Waals surface area contributed by atoms with Crippen molar-refractivity contribution >= 4 is 29.1 Å². The first-order valence-electron chi connectivity index (χ1n) is 10.8. The molecule has 4 aromatic rings. The van der Waals surface area contributed by atoms with Gasteiger partial charge in [-0.05, 0) is 42.0 Å². The Bertz CT molecular complexity index is 1550. The van der Waals surface area contributed by atoms with Crippen molar-refractivity contribution in [3.8, 4) is 22.8 Å². The fourth-order valence-corrected chi connectivity index (χ4v) is 4.45. The van der Waals surface area contributed by atoms with Crippen LogP contribution in [0.1, 0.15) is 11.1 Å². The van der Waals surface area contributed by atoms with Crippen molar-refractivity contribution in [1.29, 1.82) is 0 Å². The highest BCUT2D eigenvalue weighted by Crippen LogP contribution is 2.33. The number of aryl methyl sites for hydroxylation is 1. The number of carbonyl (C=O) groups excluding carboxylic acids is 1. The maximum absolute atomic E-state index is 13.0. The number of rotatable bonds is 4.